The summed E-state index contributed by atoms with van der Waals surface area (Å²) in [6, 6.07) is 7.77. The van der Waals surface area contributed by atoms with E-state index in [1.54, 1.807) is 9.80 Å². The van der Waals surface area contributed by atoms with Gasteiger partial charge in [0, 0.05) is 35.1 Å². The van der Waals surface area contributed by atoms with Crippen LogP contribution in [0, 0.1) is 27.7 Å². The molecule has 37 heavy (non-hydrogen) atoms. The first-order valence-corrected chi connectivity index (χ1v) is 12.3. The fraction of sp³-hybridized carbons (Fsp3) is 0.310. The highest BCUT2D eigenvalue weighted by Crippen LogP contribution is 2.52. The maximum Gasteiger partial charge on any atom is 0.259 e. The van der Waals surface area contributed by atoms with Crippen LogP contribution in [0.5, 0.6) is 0 Å². The lowest BCUT2D eigenvalue weighted by molar-refractivity contribution is -0.128. The van der Waals surface area contributed by atoms with Crippen molar-refractivity contribution in [1.82, 2.24) is 10.6 Å². The number of anilines is 2. The molecular weight excluding hydrogens is 468 g/mol. The molecule has 4 heterocycles. The topological polar surface area (TPSA) is 98.8 Å². The van der Waals surface area contributed by atoms with Crippen LogP contribution in [0.2, 0.25) is 0 Å². The molecule has 0 bridgehead atoms. The summed E-state index contributed by atoms with van der Waals surface area (Å²) in [4.78, 5) is 56.8. The van der Waals surface area contributed by atoms with Crippen molar-refractivity contribution in [2.75, 3.05) is 16.5 Å². The number of hydrogen-bond acceptors (Lipinski definition) is 4. The Morgan fingerprint density at radius 3 is 1.35 bits per heavy atom. The van der Waals surface area contributed by atoms with Crippen molar-refractivity contribution >= 4 is 35.0 Å². The van der Waals surface area contributed by atoms with E-state index in [1.165, 1.54) is 0 Å². The summed E-state index contributed by atoms with van der Waals surface area (Å²) < 4.78 is 0. The third kappa shape index (κ3) is 2.72. The van der Waals surface area contributed by atoms with E-state index in [0.29, 0.717) is 22.5 Å². The van der Waals surface area contributed by atoms with E-state index in [9.17, 15) is 19.2 Å². The summed E-state index contributed by atoms with van der Waals surface area (Å²) in [6.45, 7) is 15.4. The van der Waals surface area contributed by atoms with Gasteiger partial charge in [0.05, 0.1) is 11.4 Å². The van der Waals surface area contributed by atoms with Crippen LogP contribution < -0.4 is 20.4 Å². The van der Waals surface area contributed by atoms with Gasteiger partial charge in [-0.2, -0.15) is 0 Å². The average Bonchev–Trinajstić information content (AvgIpc) is 3.47. The molecule has 2 aromatic carbocycles. The van der Waals surface area contributed by atoms with Crippen LogP contribution in [-0.2, 0) is 30.3 Å². The van der Waals surface area contributed by atoms with Gasteiger partial charge in [0.15, 0.2) is 11.1 Å². The number of carbonyl (C=O) groups is 4. The molecule has 4 aliphatic rings. The zero-order valence-electron chi connectivity index (χ0n) is 21.4. The van der Waals surface area contributed by atoms with Gasteiger partial charge in [-0.25, -0.2) is 0 Å². The Balaban J connectivity index is 1.52. The number of aryl methyl sites for hydroxylation is 4. The summed E-state index contributed by atoms with van der Waals surface area (Å²) >= 11 is 0. The number of rotatable bonds is 2. The first kappa shape index (κ1) is 23.2. The molecule has 0 aromatic heterocycles. The molecule has 8 nitrogen and oxygen atoms in total. The standard InChI is InChI=1S/C29H28N4O4/c1-14-7-9-16(3)22-20(14)28(11-18(5)24(34)30-28)26(36)32(22)13-33-23-17(4)10-8-15(2)21(23)29(27(33)37)12-19(6)25(35)31-29/h7-10H,5-6,11-13H2,1-4H3,(H,30,34)(H,31,35). The quantitative estimate of drug-likeness (QED) is 0.625. The van der Waals surface area contributed by atoms with Gasteiger partial charge in [0.1, 0.15) is 6.67 Å². The van der Waals surface area contributed by atoms with E-state index in [-0.39, 0.29) is 43.1 Å². The van der Waals surface area contributed by atoms with Gasteiger partial charge < -0.3 is 10.6 Å². The van der Waals surface area contributed by atoms with Crippen LogP contribution in [0.4, 0.5) is 11.4 Å². The molecule has 4 amide bonds. The third-order valence-corrected chi connectivity index (χ3v) is 8.33. The Kier molecular flexibility index (Phi) is 4.51. The van der Waals surface area contributed by atoms with Gasteiger partial charge in [0.2, 0.25) is 11.8 Å². The lowest BCUT2D eigenvalue weighted by atomic mass is 9.85. The van der Waals surface area contributed by atoms with E-state index in [2.05, 4.69) is 23.8 Å². The molecule has 4 aliphatic heterocycles. The predicted octanol–water partition coefficient (Wildman–Crippen LogP) is 2.81. The lowest BCUT2D eigenvalue weighted by Gasteiger charge is -2.29. The van der Waals surface area contributed by atoms with Gasteiger partial charge in [-0.15, -0.1) is 0 Å². The molecule has 0 radical (unpaired) electrons. The Labute approximate surface area is 215 Å². The maximum absolute atomic E-state index is 14.2. The monoisotopic (exact) mass is 496 g/mol. The molecule has 2 atom stereocenters. The highest BCUT2D eigenvalue weighted by molar-refractivity contribution is 6.18. The molecule has 2 N–H and O–H groups in total. The summed E-state index contributed by atoms with van der Waals surface area (Å²) in [6.07, 6.45) is 0.335. The smallest absolute Gasteiger partial charge is 0.259 e. The Hall–Kier alpha value is -4.20. The minimum absolute atomic E-state index is 0.0551. The molecule has 2 aromatic rings. The summed E-state index contributed by atoms with van der Waals surface area (Å²) in [5.74, 6) is -1.29. The fourth-order valence-electron chi connectivity index (χ4n) is 6.67. The van der Waals surface area contributed by atoms with Crippen LogP contribution in [0.3, 0.4) is 0 Å². The van der Waals surface area contributed by atoms with Crippen molar-refractivity contribution in [3.63, 3.8) is 0 Å². The van der Waals surface area contributed by atoms with Crippen molar-refractivity contribution in [1.29, 1.82) is 0 Å². The highest BCUT2D eigenvalue weighted by atomic mass is 16.2. The van der Waals surface area contributed by atoms with E-state index in [4.69, 9.17) is 0 Å². The van der Waals surface area contributed by atoms with Gasteiger partial charge >= 0.3 is 0 Å². The minimum atomic E-state index is -1.25. The molecule has 188 valence electrons. The molecule has 2 fully saturated rings. The molecule has 6 rings (SSSR count). The largest absolute Gasteiger partial charge is 0.334 e. The van der Waals surface area contributed by atoms with E-state index in [1.807, 2.05) is 52.0 Å². The fourth-order valence-corrected chi connectivity index (χ4v) is 6.67. The Morgan fingerprint density at radius 2 is 1.03 bits per heavy atom. The number of hydrogen-bond donors (Lipinski definition) is 2. The molecule has 0 aliphatic carbocycles. The maximum atomic E-state index is 14.2. The van der Waals surface area contributed by atoms with Gasteiger partial charge in [-0.05, 0) is 49.9 Å². The van der Waals surface area contributed by atoms with Crippen molar-refractivity contribution in [2.24, 2.45) is 0 Å². The number of fused-ring (bicyclic) bond motifs is 4. The summed E-state index contributed by atoms with van der Waals surface area (Å²) in [7, 11) is 0. The van der Waals surface area contributed by atoms with Gasteiger partial charge in [-0.3, -0.25) is 29.0 Å². The van der Waals surface area contributed by atoms with Crippen molar-refractivity contribution in [3.05, 3.63) is 82.0 Å². The normalized spacial score (nSPS) is 26.1. The Bertz CT molecular complexity index is 1390. The minimum Gasteiger partial charge on any atom is -0.334 e. The number of nitrogens with zero attached hydrogens (tertiary/aromatic N) is 2. The van der Waals surface area contributed by atoms with Crippen molar-refractivity contribution < 1.29 is 19.2 Å². The highest BCUT2D eigenvalue weighted by Gasteiger charge is 2.60. The number of carbonyl (C=O) groups excluding carboxylic acids is 4. The molecule has 2 unspecified atom stereocenters. The summed E-state index contributed by atoms with van der Waals surface area (Å²) in [5.41, 5.74) is 4.56. The van der Waals surface area contributed by atoms with Crippen LogP contribution in [-0.4, -0.2) is 30.3 Å². The van der Waals surface area contributed by atoms with Crippen LogP contribution in [0.25, 0.3) is 0 Å². The zero-order chi connectivity index (χ0) is 26.6. The summed E-state index contributed by atoms with van der Waals surface area (Å²) in [5, 5.41) is 5.83. The lowest BCUT2D eigenvalue weighted by Crippen LogP contribution is -2.54. The van der Waals surface area contributed by atoms with Crippen LogP contribution in [0.1, 0.15) is 46.2 Å². The van der Waals surface area contributed by atoms with Crippen molar-refractivity contribution in [2.45, 2.75) is 51.6 Å². The second-order valence-corrected chi connectivity index (χ2v) is 10.7. The molecular formula is C29H28N4O4. The van der Waals surface area contributed by atoms with Gasteiger partial charge in [0.25, 0.3) is 11.8 Å². The van der Waals surface area contributed by atoms with Crippen LogP contribution in [0.15, 0.2) is 48.6 Å². The van der Waals surface area contributed by atoms with E-state index >= 15 is 0 Å². The van der Waals surface area contributed by atoms with E-state index in [0.717, 1.165) is 33.4 Å². The van der Waals surface area contributed by atoms with Gasteiger partial charge in [-0.1, -0.05) is 37.4 Å². The Morgan fingerprint density at radius 1 is 0.676 bits per heavy atom. The molecule has 0 saturated carbocycles. The van der Waals surface area contributed by atoms with Crippen molar-refractivity contribution in [3.8, 4) is 0 Å². The zero-order valence-corrected chi connectivity index (χ0v) is 21.4. The van der Waals surface area contributed by atoms with Crippen LogP contribution >= 0.6 is 0 Å². The number of nitrogens with one attached hydrogen (secondary N) is 2. The predicted molar refractivity (Wildman–Crippen MR) is 139 cm³/mol. The SMILES string of the molecule is C=C1CC2(NC1=O)C(=O)N(CN1C(=O)C3(CC(=C)C(=O)N3)c3c(C)ccc(C)c31)c1c(C)ccc(C)c12. The molecule has 8 heteroatoms. The first-order chi connectivity index (χ1) is 17.4. The number of benzene rings is 2. The first-order valence-electron chi connectivity index (χ1n) is 12.3. The second kappa shape index (κ2) is 7.18. The van der Waals surface area contributed by atoms with E-state index < -0.39 is 11.1 Å². The third-order valence-electron chi connectivity index (χ3n) is 8.33. The number of amides is 4. The second-order valence-electron chi connectivity index (χ2n) is 10.7. The average molecular weight is 497 g/mol. The molecule has 2 spiro atoms. The molecule has 2 saturated heterocycles.